The highest BCUT2D eigenvalue weighted by molar-refractivity contribution is 5.96. The van der Waals surface area contributed by atoms with Crippen molar-refractivity contribution in [3.63, 3.8) is 0 Å². The van der Waals surface area contributed by atoms with Crippen molar-refractivity contribution in [2.24, 2.45) is 0 Å². The van der Waals surface area contributed by atoms with E-state index in [1.807, 2.05) is 6.07 Å². The molecule has 0 fully saturated rings. The second-order valence-corrected chi connectivity index (χ2v) is 15.6. The van der Waals surface area contributed by atoms with Gasteiger partial charge >= 0.3 is 0 Å². The highest BCUT2D eigenvalue weighted by atomic mass is 16.5. The van der Waals surface area contributed by atoms with Gasteiger partial charge in [-0.2, -0.15) is 0 Å². The zero-order valence-corrected chi connectivity index (χ0v) is 30.8. The average molecular weight is 715 g/mol. The van der Waals surface area contributed by atoms with Crippen molar-refractivity contribution in [3.8, 4) is 50.6 Å². The number of benzene rings is 8. The van der Waals surface area contributed by atoms with Crippen LogP contribution in [0.3, 0.4) is 0 Å². The lowest BCUT2D eigenvalue weighted by atomic mass is 9.52. The third-order valence-electron chi connectivity index (χ3n) is 13.2. The molecule has 0 saturated carbocycles. The largest absolute Gasteiger partial charge is 0.453 e. The van der Waals surface area contributed by atoms with E-state index in [4.69, 9.17) is 9.72 Å². The third-order valence-corrected chi connectivity index (χ3v) is 13.2. The molecule has 9 aromatic rings. The quantitative estimate of drug-likeness (QED) is 0.178. The molecule has 1 aliphatic heterocycles. The van der Waals surface area contributed by atoms with Crippen molar-refractivity contribution in [1.29, 1.82) is 0 Å². The Kier molecular flexibility index (Phi) is 5.76. The van der Waals surface area contributed by atoms with E-state index < -0.39 is 10.8 Å². The van der Waals surface area contributed by atoms with Crippen molar-refractivity contribution in [1.82, 2.24) is 9.55 Å². The van der Waals surface area contributed by atoms with Crippen LogP contribution in [0.15, 0.2) is 176 Å². The van der Waals surface area contributed by atoms with Gasteiger partial charge < -0.3 is 4.74 Å². The van der Waals surface area contributed by atoms with Crippen molar-refractivity contribution >= 4 is 11.0 Å². The standard InChI is InChI=1S/C53H34N2O/c1-2-49-54-46-26-14-28-48-51(46)55(49)50-33(18-13-27-47(50)56-48)32-29-30-37-36-17-5-8-21-40(36)53(45(37)31-32)43-24-11-9-22-41(43)52(42-23-10-12-25-44(42)53)38-19-6-3-15-34(38)35-16-4-7-20-39(35)52/h3-31H,2H2,1H3. The van der Waals surface area contributed by atoms with E-state index in [0.717, 1.165) is 51.6 Å². The summed E-state index contributed by atoms with van der Waals surface area (Å²) < 4.78 is 9.01. The number of nitrogens with zero attached hydrogens (tertiary/aromatic N) is 2. The van der Waals surface area contributed by atoms with Crippen LogP contribution in [0.2, 0.25) is 0 Å². The number of hydrogen-bond donors (Lipinski definition) is 0. The predicted octanol–water partition coefficient (Wildman–Crippen LogP) is 12.4. The van der Waals surface area contributed by atoms with Gasteiger partial charge in [-0.1, -0.05) is 159 Å². The molecule has 2 heterocycles. The molecule has 3 aliphatic carbocycles. The van der Waals surface area contributed by atoms with E-state index in [1.165, 1.54) is 66.8 Å². The van der Waals surface area contributed by atoms with Gasteiger partial charge in [0.2, 0.25) is 0 Å². The van der Waals surface area contributed by atoms with Crippen LogP contribution in [0, 0.1) is 0 Å². The van der Waals surface area contributed by atoms with Crippen LogP contribution >= 0.6 is 0 Å². The van der Waals surface area contributed by atoms with Gasteiger partial charge in [0.15, 0.2) is 11.5 Å². The van der Waals surface area contributed by atoms with Crippen LogP contribution < -0.4 is 4.74 Å². The number of fused-ring (bicyclic) bond motifs is 18. The first-order chi connectivity index (χ1) is 27.7. The Labute approximate surface area is 325 Å². The maximum absolute atomic E-state index is 6.67. The molecule has 4 aliphatic rings. The van der Waals surface area contributed by atoms with Gasteiger partial charge in [0.05, 0.1) is 22.0 Å². The van der Waals surface area contributed by atoms with E-state index >= 15 is 0 Å². The van der Waals surface area contributed by atoms with E-state index in [9.17, 15) is 0 Å². The summed E-state index contributed by atoms with van der Waals surface area (Å²) >= 11 is 0. The van der Waals surface area contributed by atoms with Gasteiger partial charge in [-0.3, -0.25) is 4.57 Å². The topological polar surface area (TPSA) is 27.1 Å². The van der Waals surface area contributed by atoms with Crippen LogP contribution in [-0.2, 0) is 17.3 Å². The average Bonchev–Trinajstić information content (AvgIpc) is 3.89. The highest BCUT2D eigenvalue weighted by Crippen LogP contribution is 2.67. The molecule has 0 unspecified atom stereocenters. The summed E-state index contributed by atoms with van der Waals surface area (Å²) in [6, 6.07) is 65.8. The molecule has 0 atom stereocenters. The van der Waals surface area contributed by atoms with Crippen LogP contribution in [0.4, 0.5) is 0 Å². The maximum Gasteiger partial charge on any atom is 0.153 e. The summed E-state index contributed by atoms with van der Waals surface area (Å²) in [5.74, 6) is 2.73. The fourth-order valence-electron chi connectivity index (χ4n) is 11.3. The van der Waals surface area contributed by atoms with Crippen molar-refractivity contribution < 1.29 is 4.74 Å². The molecule has 13 rings (SSSR count). The summed E-state index contributed by atoms with van der Waals surface area (Å²) in [5.41, 5.74) is 20.2. The molecule has 3 heteroatoms. The molecule has 0 radical (unpaired) electrons. The van der Waals surface area contributed by atoms with Crippen molar-refractivity contribution in [2.45, 2.75) is 24.2 Å². The van der Waals surface area contributed by atoms with Crippen LogP contribution in [0.1, 0.15) is 57.3 Å². The Balaban J connectivity index is 1.14. The molecule has 2 spiro atoms. The monoisotopic (exact) mass is 714 g/mol. The minimum atomic E-state index is -0.554. The molecular weight excluding hydrogens is 681 g/mol. The zero-order chi connectivity index (χ0) is 36.8. The van der Waals surface area contributed by atoms with Crippen molar-refractivity contribution in [2.75, 3.05) is 0 Å². The van der Waals surface area contributed by atoms with E-state index in [1.54, 1.807) is 0 Å². The van der Waals surface area contributed by atoms with Crippen LogP contribution in [-0.4, -0.2) is 9.55 Å². The van der Waals surface area contributed by atoms with Gasteiger partial charge in [-0.05, 0) is 96.6 Å². The Hall–Kier alpha value is -6.97. The number of para-hydroxylation sites is 2. The smallest absolute Gasteiger partial charge is 0.153 e. The molecule has 3 nitrogen and oxygen atoms in total. The number of aryl methyl sites for hydroxylation is 1. The Bertz CT molecular complexity index is 3090. The SMILES string of the molecule is CCc1nc2cccc3c2n1-c1c(cccc1-c1ccc2c(c1)C1(c4ccccc4-2)c2ccccc2C2(c4ccccc4-c4ccccc42)c2ccccc21)O3. The second kappa shape index (κ2) is 10.6. The minimum absolute atomic E-state index is 0.465. The zero-order valence-electron chi connectivity index (χ0n) is 30.8. The van der Waals surface area contributed by atoms with Gasteiger partial charge in [0.25, 0.3) is 0 Å². The highest BCUT2D eigenvalue weighted by Gasteiger charge is 2.58. The lowest BCUT2D eigenvalue weighted by Crippen LogP contribution is -2.43. The molecule has 0 saturated heterocycles. The summed E-state index contributed by atoms with van der Waals surface area (Å²) in [6.07, 6.45) is 0.812. The van der Waals surface area contributed by atoms with Gasteiger partial charge in [0.1, 0.15) is 11.3 Å². The molecule has 56 heavy (non-hydrogen) atoms. The first kappa shape index (κ1) is 30.4. The summed E-state index contributed by atoms with van der Waals surface area (Å²) in [6.45, 7) is 2.18. The molecule has 0 N–H and O–H groups in total. The minimum Gasteiger partial charge on any atom is -0.453 e. The molecule has 262 valence electrons. The normalized spacial score (nSPS) is 15.0. The summed E-state index contributed by atoms with van der Waals surface area (Å²) in [5, 5.41) is 0. The van der Waals surface area contributed by atoms with E-state index in [0.29, 0.717) is 0 Å². The van der Waals surface area contributed by atoms with E-state index in [-0.39, 0.29) is 0 Å². The molecule has 8 aromatic carbocycles. The lowest BCUT2D eigenvalue weighted by molar-refractivity contribution is 0.474. The Morgan fingerprint density at radius 1 is 0.446 bits per heavy atom. The molecule has 0 amide bonds. The molecular formula is C53H34N2O. The summed E-state index contributed by atoms with van der Waals surface area (Å²) in [7, 11) is 0. The number of hydrogen-bond acceptors (Lipinski definition) is 2. The molecule has 1 aromatic heterocycles. The fraction of sp³-hybridized carbons (Fsp3) is 0.0755. The van der Waals surface area contributed by atoms with Crippen LogP contribution in [0.25, 0.3) is 50.1 Å². The Morgan fingerprint density at radius 2 is 0.911 bits per heavy atom. The first-order valence-corrected chi connectivity index (χ1v) is 19.7. The third kappa shape index (κ3) is 3.41. The van der Waals surface area contributed by atoms with Gasteiger partial charge in [0, 0.05) is 12.0 Å². The van der Waals surface area contributed by atoms with Gasteiger partial charge in [-0.15, -0.1) is 0 Å². The maximum atomic E-state index is 6.67. The number of aromatic nitrogens is 2. The first-order valence-electron chi connectivity index (χ1n) is 19.7. The Morgan fingerprint density at radius 3 is 1.48 bits per heavy atom. The van der Waals surface area contributed by atoms with E-state index in [2.05, 4.69) is 181 Å². The number of imidazole rings is 1. The van der Waals surface area contributed by atoms with Crippen LogP contribution in [0.5, 0.6) is 11.5 Å². The number of ether oxygens (including phenoxy) is 1. The summed E-state index contributed by atoms with van der Waals surface area (Å²) in [4.78, 5) is 5.09. The number of rotatable bonds is 2. The lowest BCUT2D eigenvalue weighted by Gasteiger charge is -2.48. The fourth-order valence-corrected chi connectivity index (χ4v) is 11.3. The predicted molar refractivity (Wildman–Crippen MR) is 224 cm³/mol. The van der Waals surface area contributed by atoms with Crippen molar-refractivity contribution in [3.05, 3.63) is 226 Å². The van der Waals surface area contributed by atoms with Gasteiger partial charge in [-0.25, -0.2) is 4.98 Å². The second-order valence-electron chi connectivity index (χ2n) is 15.6. The molecule has 0 bridgehead atoms.